The van der Waals surface area contributed by atoms with Crippen LogP contribution in [-0.2, 0) is 13.8 Å². The molecule has 1 aliphatic rings. The van der Waals surface area contributed by atoms with Crippen molar-refractivity contribution in [3.63, 3.8) is 0 Å². The summed E-state index contributed by atoms with van der Waals surface area (Å²) in [7, 11) is 1.56. The molecule has 0 spiro atoms. The van der Waals surface area contributed by atoms with Crippen LogP contribution in [0.1, 0.15) is 12.8 Å². The first-order valence-electron chi connectivity index (χ1n) is 5.45. The van der Waals surface area contributed by atoms with Crippen LogP contribution in [0.5, 0.6) is 5.75 Å². The highest BCUT2D eigenvalue weighted by Gasteiger charge is 2.22. The summed E-state index contributed by atoms with van der Waals surface area (Å²) >= 11 is 3.21. The first kappa shape index (κ1) is 14.1. The fourth-order valence-electron chi connectivity index (χ4n) is 1.75. The molecular weight excluding hydrogens is 344 g/mol. The Bertz CT molecular complexity index is 526. The van der Waals surface area contributed by atoms with Gasteiger partial charge < -0.3 is 9.47 Å². The van der Waals surface area contributed by atoms with E-state index in [0.717, 1.165) is 19.4 Å². The van der Waals surface area contributed by atoms with Crippen LogP contribution < -0.4 is 4.74 Å². The average Bonchev–Trinajstić information content (AvgIpc) is 2.31. The third-order valence-electron chi connectivity index (χ3n) is 2.58. The molecule has 0 radical (unpaired) electrons. The Labute approximate surface area is 119 Å². The van der Waals surface area contributed by atoms with Crippen molar-refractivity contribution in [2.45, 2.75) is 23.8 Å². The molecule has 1 fully saturated rings. The number of rotatable bonds is 3. The Balaban J connectivity index is 2.26. The van der Waals surface area contributed by atoms with Crippen LogP contribution in [0.15, 0.2) is 27.6 Å². The molecular formula is C11H12BrClO4S. The van der Waals surface area contributed by atoms with Crippen LogP contribution in [0.2, 0.25) is 0 Å². The number of ether oxygens (including phenoxy) is 2. The fraction of sp³-hybridized carbons (Fsp3) is 0.455. The molecule has 1 atom stereocenters. The summed E-state index contributed by atoms with van der Waals surface area (Å²) in [6, 6.07) is 4.74. The summed E-state index contributed by atoms with van der Waals surface area (Å²) in [4.78, 5) is -0.0240. The molecule has 1 aromatic rings. The number of hydrogen-bond donors (Lipinski definition) is 0. The monoisotopic (exact) mass is 354 g/mol. The largest absolute Gasteiger partial charge is 0.487 e. The lowest BCUT2D eigenvalue weighted by Gasteiger charge is -2.24. The second kappa shape index (κ2) is 5.77. The summed E-state index contributed by atoms with van der Waals surface area (Å²) in [6.45, 7) is 1.19. The molecule has 100 valence electrons. The molecule has 2 rings (SSSR count). The maximum absolute atomic E-state index is 11.5. The van der Waals surface area contributed by atoms with E-state index in [1.807, 2.05) is 0 Å². The van der Waals surface area contributed by atoms with E-state index in [-0.39, 0.29) is 16.7 Å². The van der Waals surface area contributed by atoms with Crippen molar-refractivity contribution in [1.29, 1.82) is 0 Å². The molecule has 4 nitrogen and oxygen atoms in total. The Morgan fingerprint density at radius 3 is 2.83 bits per heavy atom. The van der Waals surface area contributed by atoms with Gasteiger partial charge in [-0.2, -0.15) is 0 Å². The Hall–Kier alpha value is -0.300. The van der Waals surface area contributed by atoms with E-state index in [0.29, 0.717) is 11.1 Å². The highest BCUT2D eigenvalue weighted by Crippen LogP contribution is 2.31. The summed E-state index contributed by atoms with van der Waals surface area (Å²) in [6.07, 6.45) is 1.62. The summed E-state index contributed by atoms with van der Waals surface area (Å²) in [5.41, 5.74) is 0. The minimum Gasteiger partial charge on any atom is -0.487 e. The zero-order valence-electron chi connectivity index (χ0n) is 9.43. The molecule has 1 aliphatic heterocycles. The van der Waals surface area contributed by atoms with Gasteiger partial charge in [0.05, 0.1) is 6.61 Å². The number of halogens is 2. The van der Waals surface area contributed by atoms with E-state index >= 15 is 0 Å². The SMILES string of the molecule is O=S(=O)(Cl)c1cc(Br)ccc1OC1CCCOC1. The molecule has 18 heavy (non-hydrogen) atoms. The fourth-order valence-corrected chi connectivity index (χ4v) is 3.25. The predicted octanol–water partition coefficient (Wildman–Crippen LogP) is 2.93. The molecule has 1 saturated heterocycles. The summed E-state index contributed by atoms with van der Waals surface area (Å²) in [5, 5.41) is 0. The Morgan fingerprint density at radius 2 is 2.22 bits per heavy atom. The predicted molar refractivity (Wildman–Crippen MR) is 71.6 cm³/mol. The van der Waals surface area contributed by atoms with Crippen molar-refractivity contribution in [3.8, 4) is 5.75 Å². The van der Waals surface area contributed by atoms with Gasteiger partial charge in [-0.25, -0.2) is 8.42 Å². The molecule has 0 aromatic heterocycles. The molecule has 0 saturated carbocycles. The quantitative estimate of drug-likeness (QED) is 0.782. The van der Waals surface area contributed by atoms with Gasteiger partial charge in [-0.1, -0.05) is 15.9 Å². The highest BCUT2D eigenvalue weighted by molar-refractivity contribution is 9.10. The first-order valence-corrected chi connectivity index (χ1v) is 8.55. The van der Waals surface area contributed by atoms with Crippen LogP contribution in [0, 0.1) is 0 Å². The van der Waals surface area contributed by atoms with Crippen LogP contribution >= 0.6 is 26.6 Å². The summed E-state index contributed by atoms with van der Waals surface area (Å²) in [5.74, 6) is 0.267. The van der Waals surface area contributed by atoms with Gasteiger partial charge in [0.15, 0.2) is 0 Å². The molecule has 1 aromatic carbocycles. The van der Waals surface area contributed by atoms with Crippen molar-refractivity contribution in [2.75, 3.05) is 13.2 Å². The van der Waals surface area contributed by atoms with Crippen LogP contribution in [0.25, 0.3) is 0 Å². The van der Waals surface area contributed by atoms with E-state index in [2.05, 4.69) is 15.9 Å². The lowest BCUT2D eigenvalue weighted by Crippen LogP contribution is -2.28. The van der Waals surface area contributed by atoms with Crippen molar-refractivity contribution in [3.05, 3.63) is 22.7 Å². The molecule has 0 aliphatic carbocycles. The van der Waals surface area contributed by atoms with Gasteiger partial charge in [0.25, 0.3) is 9.05 Å². The maximum Gasteiger partial charge on any atom is 0.265 e. The first-order chi connectivity index (χ1) is 8.47. The lowest BCUT2D eigenvalue weighted by atomic mass is 10.2. The van der Waals surface area contributed by atoms with Crippen molar-refractivity contribution in [2.24, 2.45) is 0 Å². The third-order valence-corrected chi connectivity index (χ3v) is 4.42. The number of hydrogen-bond acceptors (Lipinski definition) is 4. The van der Waals surface area contributed by atoms with E-state index in [1.165, 1.54) is 6.07 Å². The van der Waals surface area contributed by atoms with Crippen LogP contribution in [-0.4, -0.2) is 27.7 Å². The van der Waals surface area contributed by atoms with Gasteiger partial charge in [-0.15, -0.1) is 0 Å². The van der Waals surface area contributed by atoms with Crippen molar-refractivity contribution in [1.82, 2.24) is 0 Å². The Kier molecular flexibility index (Phi) is 4.53. The minimum absolute atomic E-state index is 0.0240. The zero-order valence-corrected chi connectivity index (χ0v) is 12.6. The molecule has 7 heteroatoms. The normalized spacial score (nSPS) is 20.7. The smallest absolute Gasteiger partial charge is 0.265 e. The van der Waals surface area contributed by atoms with Crippen LogP contribution in [0.4, 0.5) is 0 Å². The van der Waals surface area contributed by atoms with E-state index < -0.39 is 9.05 Å². The van der Waals surface area contributed by atoms with Crippen molar-refractivity contribution < 1.29 is 17.9 Å². The van der Waals surface area contributed by atoms with Gasteiger partial charge in [0.1, 0.15) is 16.7 Å². The Morgan fingerprint density at radius 1 is 1.44 bits per heavy atom. The maximum atomic E-state index is 11.5. The molecule has 1 unspecified atom stereocenters. The third kappa shape index (κ3) is 3.60. The molecule has 0 bridgehead atoms. The lowest BCUT2D eigenvalue weighted by molar-refractivity contribution is 0.00621. The van der Waals surface area contributed by atoms with Crippen molar-refractivity contribution >= 4 is 35.7 Å². The van der Waals surface area contributed by atoms with Gasteiger partial charge in [-0.3, -0.25) is 0 Å². The van der Waals surface area contributed by atoms with Gasteiger partial charge >= 0.3 is 0 Å². The molecule has 1 heterocycles. The average molecular weight is 356 g/mol. The highest BCUT2D eigenvalue weighted by atomic mass is 79.9. The van der Waals surface area contributed by atoms with E-state index in [1.54, 1.807) is 12.1 Å². The van der Waals surface area contributed by atoms with Gasteiger partial charge in [0.2, 0.25) is 0 Å². The molecule has 0 N–H and O–H groups in total. The zero-order chi connectivity index (χ0) is 13.2. The minimum atomic E-state index is -3.83. The number of benzene rings is 1. The second-order valence-corrected chi connectivity index (χ2v) is 7.44. The second-order valence-electron chi connectivity index (χ2n) is 3.99. The van der Waals surface area contributed by atoms with E-state index in [9.17, 15) is 8.42 Å². The van der Waals surface area contributed by atoms with E-state index in [4.69, 9.17) is 20.2 Å². The topological polar surface area (TPSA) is 52.6 Å². The van der Waals surface area contributed by atoms with Gasteiger partial charge in [0, 0.05) is 21.8 Å². The standard InChI is InChI=1S/C11H12BrClO4S/c12-8-3-4-10(11(6-8)18(13,14)15)17-9-2-1-5-16-7-9/h3-4,6,9H,1-2,5,7H2. The van der Waals surface area contributed by atoms with Crippen LogP contribution in [0.3, 0.4) is 0 Å². The molecule has 0 amide bonds. The summed E-state index contributed by atoms with van der Waals surface area (Å²) < 4.78 is 34.5. The van der Waals surface area contributed by atoms with Gasteiger partial charge in [-0.05, 0) is 31.0 Å².